The van der Waals surface area contributed by atoms with Crippen LogP contribution in [0.3, 0.4) is 0 Å². The average molecular weight is 367 g/mol. The highest BCUT2D eigenvalue weighted by Gasteiger charge is 2.40. The molecule has 1 aliphatic rings. The van der Waals surface area contributed by atoms with Crippen molar-refractivity contribution in [2.75, 3.05) is 18.6 Å². The van der Waals surface area contributed by atoms with Crippen LogP contribution < -0.4 is 14.4 Å². The van der Waals surface area contributed by atoms with Crippen molar-refractivity contribution >= 4 is 11.7 Å². The van der Waals surface area contributed by atoms with E-state index in [2.05, 4.69) is 0 Å². The third-order valence-electron chi connectivity index (χ3n) is 4.22. The van der Waals surface area contributed by atoms with E-state index >= 15 is 0 Å². The molecular formula is C18H16F3NO4. The van der Waals surface area contributed by atoms with Crippen LogP contribution in [0, 0.1) is 17.5 Å². The minimum Gasteiger partial charge on any atom is -0.491 e. The summed E-state index contributed by atoms with van der Waals surface area (Å²) in [6.45, 7) is 0.0483. The fraction of sp³-hybridized carbons (Fsp3) is 0.278. The molecule has 1 N–H and O–H groups in total. The van der Waals surface area contributed by atoms with E-state index in [1.165, 1.54) is 36.3 Å². The van der Waals surface area contributed by atoms with E-state index in [4.69, 9.17) is 9.47 Å². The molecule has 1 heterocycles. The third-order valence-corrected chi connectivity index (χ3v) is 4.22. The Hall–Kier alpha value is -2.90. The van der Waals surface area contributed by atoms with Crippen molar-refractivity contribution in [3.05, 3.63) is 53.8 Å². The van der Waals surface area contributed by atoms with Crippen LogP contribution in [0.1, 0.15) is 6.42 Å². The average Bonchev–Trinajstić information content (AvgIpc) is 3.03. The number of carboxylic acids is 1. The van der Waals surface area contributed by atoms with Gasteiger partial charge >= 0.3 is 5.97 Å². The van der Waals surface area contributed by atoms with Gasteiger partial charge in [-0.25, -0.2) is 13.6 Å². The normalized spacial score (nSPS) is 19.5. The van der Waals surface area contributed by atoms with Gasteiger partial charge in [0.1, 0.15) is 12.1 Å². The summed E-state index contributed by atoms with van der Waals surface area (Å²) in [6, 6.07) is 6.87. The number of benzene rings is 2. The summed E-state index contributed by atoms with van der Waals surface area (Å²) in [7, 11) is 1.17. The van der Waals surface area contributed by atoms with Crippen molar-refractivity contribution in [2.45, 2.75) is 18.6 Å². The SMILES string of the molecule is COc1c(N2C[C@H](Oc3ccccc3F)CC2C(=O)O)ccc(F)c1F. The quantitative estimate of drug-likeness (QED) is 0.879. The molecule has 1 saturated heterocycles. The van der Waals surface area contributed by atoms with Crippen LogP contribution in [0.15, 0.2) is 36.4 Å². The number of nitrogens with zero attached hydrogens (tertiary/aromatic N) is 1. The fourth-order valence-corrected chi connectivity index (χ4v) is 3.05. The molecule has 1 fully saturated rings. The molecule has 1 aliphatic heterocycles. The predicted molar refractivity (Wildman–Crippen MR) is 87.1 cm³/mol. The van der Waals surface area contributed by atoms with Crippen LogP contribution in [0.5, 0.6) is 11.5 Å². The van der Waals surface area contributed by atoms with Crippen molar-refractivity contribution in [2.24, 2.45) is 0 Å². The van der Waals surface area contributed by atoms with E-state index in [9.17, 15) is 23.1 Å². The minimum atomic E-state index is -1.20. The van der Waals surface area contributed by atoms with Crippen LogP contribution >= 0.6 is 0 Å². The number of rotatable bonds is 5. The minimum absolute atomic E-state index is 0.000686. The molecule has 2 aromatic rings. The first-order valence-electron chi connectivity index (χ1n) is 7.85. The molecule has 0 aliphatic carbocycles. The molecule has 0 aromatic heterocycles. The molecule has 138 valence electrons. The predicted octanol–water partition coefficient (Wildman–Crippen LogP) is 3.22. The molecule has 1 unspecified atom stereocenters. The monoisotopic (exact) mass is 367 g/mol. The second-order valence-corrected chi connectivity index (χ2v) is 5.83. The Morgan fingerprint density at radius 2 is 1.88 bits per heavy atom. The van der Waals surface area contributed by atoms with E-state index in [1.54, 1.807) is 6.07 Å². The number of ether oxygens (including phenoxy) is 2. The molecule has 2 aromatic carbocycles. The van der Waals surface area contributed by atoms with Gasteiger partial charge in [-0.2, -0.15) is 4.39 Å². The summed E-state index contributed by atoms with van der Waals surface area (Å²) >= 11 is 0. The first-order chi connectivity index (χ1) is 12.4. The molecule has 2 atom stereocenters. The molecule has 3 rings (SSSR count). The van der Waals surface area contributed by atoms with Gasteiger partial charge in [0.05, 0.1) is 19.3 Å². The maximum Gasteiger partial charge on any atom is 0.326 e. The lowest BCUT2D eigenvalue weighted by molar-refractivity contribution is -0.138. The third kappa shape index (κ3) is 3.26. The van der Waals surface area contributed by atoms with E-state index in [-0.39, 0.29) is 30.2 Å². The van der Waals surface area contributed by atoms with Crippen LogP contribution in [0.25, 0.3) is 0 Å². The van der Waals surface area contributed by atoms with E-state index < -0.39 is 35.6 Å². The van der Waals surface area contributed by atoms with Gasteiger partial charge in [-0.05, 0) is 24.3 Å². The van der Waals surface area contributed by atoms with Crippen LogP contribution in [-0.2, 0) is 4.79 Å². The number of carboxylic acid groups (broad SMARTS) is 1. The van der Waals surface area contributed by atoms with Gasteiger partial charge in [-0.3, -0.25) is 0 Å². The Balaban J connectivity index is 1.91. The highest BCUT2D eigenvalue weighted by atomic mass is 19.2. The number of carbonyl (C=O) groups is 1. The number of halogens is 3. The molecule has 8 heteroatoms. The van der Waals surface area contributed by atoms with Gasteiger partial charge in [-0.15, -0.1) is 0 Å². The topological polar surface area (TPSA) is 59.0 Å². The van der Waals surface area contributed by atoms with Crippen LogP contribution in [-0.4, -0.2) is 36.9 Å². The summed E-state index contributed by atoms with van der Waals surface area (Å²) < 4.78 is 51.7. The molecular weight excluding hydrogens is 351 g/mol. The van der Waals surface area contributed by atoms with Crippen molar-refractivity contribution < 1.29 is 32.5 Å². The van der Waals surface area contributed by atoms with Gasteiger partial charge in [0, 0.05) is 6.42 Å². The summed E-state index contributed by atoms with van der Waals surface area (Å²) in [5, 5.41) is 9.49. The Labute approximate surface area is 147 Å². The number of hydrogen-bond acceptors (Lipinski definition) is 4. The van der Waals surface area contributed by atoms with Gasteiger partial charge in [0.15, 0.2) is 23.1 Å². The number of anilines is 1. The number of hydrogen-bond donors (Lipinski definition) is 1. The van der Waals surface area contributed by atoms with Crippen LogP contribution in [0.2, 0.25) is 0 Å². The van der Waals surface area contributed by atoms with Gasteiger partial charge in [0.25, 0.3) is 0 Å². The Bertz CT molecular complexity index is 830. The second kappa shape index (κ2) is 7.15. The van der Waals surface area contributed by atoms with Crippen molar-refractivity contribution in [3.63, 3.8) is 0 Å². The van der Waals surface area contributed by atoms with Gasteiger partial charge < -0.3 is 19.5 Å². The second-order valence-electron chi connectivity index (χ2n) is 5.83. The maximum atomic E-state index is 14.0. The lowest BCUT2D eigenvalue weighted by Gasteiger charge is -2.25. The molecule has 26 heavy (non-hydrogen) atoms. The van der Waals surface area contributed by atoms with Crippen LogP contribution in [0.4, 0.5) is 18.9 Å². The van der Waals surface area contributed by atoms with E-state index in [1.807, 2.05) is 0 Å². The first kappa shape index (κ1) is 17.9. The zero-order chi connectivity index (χ0) is 18.8. The molecule has 0 saturated carbocycles. The molecule has 0 amide bonds. The molecule has 0 spiro atoms. The molecule has 0 bridgehead atoms. The first-order valence-corrected chi connectivity index (χ1v) is 7.85. The zero-order valence-corrected chi connectivity index (χ0v) is 13.8. The Morgan fingerprint density at radius 1 is 1.15 bits per heavy atom. The number of para-hydroxylation sites is 1. The highest BCUT2D eigenvalue weighted by molar-refractivity contribution is 5.80. The smallest absolute Gasteiger partial charge is 0.326 e. The lowest BCUT2D eigenvalue weighted by Crippen LogP contribution is -2.36. The summed E-state index contributed by atoms with van der Waals surface area (Å²) in [4.78, 5) is 13.0. The largest absolute Gasteiger partial charge is 0.491 e. The molecule has 5 nitrogen and oxygen atoms in total. The zero-order valence-electron chi connectivity index (χ0n) is 13.8. The summed E-state index contributed by atoms with van der Waals surface area (Å²) in [6.07, 6.45) is -0.600. The Kier molecular flexibility index (Phi) is 4.92. The van der Waals surface area contributed by atoms with E-state index in [0.29, 0.717) is 0 Å². The standard InChI is InChI=1S/C18H16F3NO4/c1-25-17-13(7-6-12(20)16(17)21)22-9-10(8-14(22)18(23)24)26-15-5-3-2-4-11(15)19/h2-7,10,14H,8-9H2,1H3,(H,23,24)/t10-,14?/m1/s1. The van der Waals surface area contributed by atoms with Gasteiger partial charge in [0.2, 0.25) is 5.82 Å². The summed E-state index contributed by atoms with van der Waals surface area (Å²) in [5.74, 6) is -4.41. The Morgan fingerprint density at radius 3 is 2.54 bits per heavy atom. The lowest BCUT2D eigenvalue weighted by atomic mass is 10.2. The van der Waals surface area contributed by atoms with Gasteiger partial charge in [-0.1, -0.05) is 12.1 Å². The van der Waals surface area contributed by atoms with Crippen molar-refractivity contribution in [1.29, 1.82) is 0 Å². The van der Waals surface area contributed by atoms with Crippen molar-refractivity contribution in [3.8, 4) is 11.5 Å². The highest BCUT2D eigenvalue weighted by Crippen LogP contribution is 2.37. The summed E-state index contributed by atoms with van der Waals surface area (Å²) in [5.41, 5.74) is 0.0958. The fourth-order valence-electron chi connectivity index (χ4n) is 3.05. The molecule has 0 radical (unpaired) electrons. The van der Waals surface area contributed by atoms with E-state index in [0.717, 1.165) is 6.07 Å². The van der Waals surface area contributed by atoms with Crippen molar-refractivity contribution in [1.82, 2.24) is 0 Å². The maximum absolute atomic E-state index is 14.0. The number of methoxy groups -OCH3 is 1. The number of aliphatic carboxylic acids is 1.